The summed E-state index contributed by atoms with van der Waals surface area (Å²) in [5.41, 5.74) is 12.3. The maximum atomic E-state index is 13.4. The smallest absolute Gasteiger partial charge is 0.288 e. The Morgan fingerprint density at radius 3 is 2.62 bits per heavy atom. The van der Waals surface area contributed by atoms with Crippen molar-refractivity contribution in [3.63, 3.8) is 0 Å². The van der Waals surface area contributed by atoms with E-state index in [2.05, 4.69) is 9.97 Å². The van der Waals surface area contributed by atoms with E-state index in [9.17, 15) is 22.2 Å². The van der Waals surface area contributed by atoms with Crippen LogP contribution in [0.25, 0.3) is 16.6 Å². The molecule has 4 N–H and O–H groups in total. The van der Waals surface area contributed by atoms with Gasteiger partial charge in [-0.15, -0.1) is 0 Å². The van der Waals surface area contributed by atoms with E-state index in [1.54, 1.807) is 20.0 Å². The normalized spacial score (nSPS) is 16.1. The average Bonchev–Trinajstić information content (AvgIpc) is 2.83. The molecule has 1 atom stereocenters. The highest BCUT2D eigenvalue weighted by Gasteiger charge is 2.33. The molecular formula is C23H26F3N5O2S. The first kappa shape index (κ1) is 25.6. The molecule has 0 saturated carbocycles. The van der Waals surface area contributed by atoms with E-state index in [4.69, 9.17) is 11.5 Å². The molecule has 11 heteroatoms. The second kappa shape index (κ2) is 10.5. The van der Waals surface area contributed by atoms with E-state index < -0.39 is 34.6 Å². The van der Waals surface area contributed by atoms with Crippen LogP contribution in [0.1, 0.15) is 30.0 Å². The molecule has 34 heavy (non-hydrogen) atoms. The number of aromatic nitrogens is 3. The number of fused-ring (bicyclic) bond motifs is 1. The van der Waals surface area contributed by atoms with E-state index >= 15 is 0 Å². The molecule has 1 aliphatic rings. The van der Waals surface area contributed by atoms with Crippen LogP contribution in [0.4, 0.5) is 19.0 Å². The summed E-state index contributed by atoms with van der Waals surface area (Å²) in [5.74, 6) is -2.68. The summed E-state index contributed by atoms with van der Waals surface area (Å²) in [6.07, 6.45) is 4.25. The lowest BCUT2D eigenvalue weighted by Gasteiger charge is -2.16. The monoisotopic (exact) mass is 493 g/mol. The van der Waals surface area contributed by atoms with Crippen molar-refractivity contribution >= 4 is 33.2 Å². The fourth-order valence-corrected chi connectivity index (χ4v) is 4.61. The molecule has 0 saturated heterocycles. The van der Waals surface area contributed by atoms with Gasteiger partial charge < -0.3 is 11.5 Å². The number of alkyl halides is 2. The predicted octanol–water partition coefficient (Wildman–Crippen LogP) is 2.89. The van der Waals surface area contributed by atoms with Gasteiger partial charge in [0, 0.05) is 34.9 Å². The molecule has 7 nitrogen and oxygen atoms in total. The number of hydrogen-bond donors (Lipinski definition) is 2. The van der Waals surface area contributed by atoms with Gasteiger partial charge in [-0.1, -0.05) is 31.2 Å². The number of halogens is 3. The molecule has 0 radical (unpaired) electrons. The van der Waals surface area contributed by atoms with Crippen LogP contribution >= 0.6 is 0 Å². The number of allylic oxidation sites excluding steroid dienone is 1. The second-order valence-electron chi connectivity index (χ2n) is 7.75. The van der Waals surface area contributed by atoms with Crippen LogP contribution < -0.4 is 17.0 Å². The van der Waals surface area contributed by atoms with Crippen molar-refractivity contribution in [3.8, 4) is 0 Å². The molecule has 0 bridgehead atoms. The Bertz CT molecular complexity index is 1320. The number of nitrogens with two attached hydrogens (primary N) is 2. The maximum Gasteiger partial charge on any atom is 0.288 e. The molecule has 2 aromatic heterocycles. The number of anilines is 1. The number of benzene rings is 1. The lowest BCUT2D eigenvalue weighted by Crippen LogP contribution is -2.26. The zero-order valence-corrected chi connectivity index (χ0v) is 19.7. The Morgan fingerprint density at radius 2 is 2.00 bits per heavy atom. The molecule has 3 heterocycles. The summed E-state index contributed by atoms with van der Waals surface area (Å²) in [7, 11) is 0.856. The minimum atomic E-state index is -3.28. The van der Waals surface area contributed by atoms with E-state index in [0.29, 0.717) is 46.8 Å². The van der Waals surface area contributed by atoms with Crippen molar-refractivity contribution in [2.75, 3.05) is 23.8 Å². The lowest BCUT2D eigenvalue weighted by molar-refractivity contribution is 0.00224. The first-order valence-corrected chi connectivity index (χ1v) is 12.1. The summed E-state index contributed by atoms with van der Waals surface area (Å²) in [5, 5.41) is 0.664. The SMILES string of the molecule is CCc1cccc(C(F)(F)CN)c1F.Cn1c(=O)c(C2=CCS(=O)CC2)cc2c(N)ncnc21. The van der Waals surface area contributed by atoms with Crippen LogP contribution in [0.2, 0.25) is 0 Å². The Kier molecular flexibility index (Phi) is 7.88. The predicted molar refractivity (Wildman–Crippen MR) is 128 cm³/mol. The number of hydrogen-bond acceptors (Lipinski definition) is 6. The highest BCUT2D eigenvalue weighted by atomic mass is 32.2. The van der Waals surface area contributed by atoms with Crippen LogP contribution in [0.5, 0.6) is 0 Å². The number of nitrogens with zero attached hydrogens (tertiary/aromatic N) is 3. The first-order valence-electron chi connectivity index (χ1n) is 10.6. The molecule has 0 fully saturated rings. The van der Waals surface area contributed by atoms with Crippen LogP contribution in [-0.2, 0) is 30.2 Å². The minimum absolute atomic E-state index is 0.116. The molecule has 4 rings (SSSR count). The summed E-state index contributed by atoms with van der Waals surface area (Å²) >= 11 is 0. The van der Waals surface area contributed by atoms with Gasteiger partial charge in [0.25, 0.3) is 11.5 Å². The van der Waals surface area contributed by atoms with Crippen molar-refractivity contribution in [2.45, 2.75) is 25.7 Å². The van der Waals surface area contributed by atoms with Gasteiger partial charge in [-0.05, 0) is 30.0 Å². The molecule has 3 aromatic rings. The molecule has 1 unspecified atom stereocenters. The standard InChI is InChI=1S/C13H14N4O2S.C10H12F3N/c1-17-12-10(11(14)15-7-16-12)6-9(13(17)18)8-2-4-20(19)5-3-8;1-2-7-4-3-5-8(9(7)11)10(12,13)6-14/h2,6-7H,3-5H2,1H3,(H2,14,15,16);3-5H,2,6,14H2,1H3. The Hall–Kier alpha value is -3.05. The highest BCUT2D eigenvalue weighted by Crippen LogP contribution is 2.30. The summed E-state index contributed by atoms with van der Waals surface area (Å²) in [6, 6.07) is 5.72. The summed E-state index contributed by atoms with van der Waals surface area (Å²) in [4.78, 5) is 20.5. The average molecular weight is 494 g/mol. The van der Waals surface area contributed by atoms with Crippen LogP contribution in [0.3, 0.4) is 0 Å². The third kappa shape index (κ3) is 5.20. The molecule has 1 aromatic carbocycles. The zero-order valence-electron chi connectivity index (χ0n) is 18.9. The fraction of sp³-hybridized carbons (Fsp3) is 0.348. The second-order valence-corrected chi connectivity index (χ2v) is 9.37. The fourth-order valence-electron chi connectivity index (χ4n) is 3.61. The molecule has 0 aliphatic carbocycles. The quantitative estimate of drug-likeness (QED) is 0.577. The minimum Gasteiger partial charge on any atom is -0.383 e. The largest absolute Gasteiger partial charge is 0.383 e. The van der Waals surface area contributed by atoms with Crippen molar-refractivity contribution in [1.29, 1.82) is 0 Å². The summed E-state index contributed by atoms with van der Waals surface area (Å²) < 4.78 is 52.5. The zero-order chi connectivity index (χ0) is 25.0. The highest BCUT2D eigenvalue weighted by molar-refractivity contribution is 7.85. The summed E-state index contributed by atoms with van der Waals surface area (Å²) in [6.45, 7) is 0.833. The van der Waals surface area contributed by atoms with Crippen molar-refractivity contribution in [2.24, 2.45) is 12.8 Å². The number of nitrogen functional groups attached to an aromatic ring is 1. The van der Waals surface area contributed by atoms with E-state index in [0.717, 1.165) is 11.6 Å². The van der Waals surface area contributed by atoms with Crippen LogP contribution in [0.15, 0.2) is 41.5 Å². The van der Waals surface area contributed by atoms with Gasteiger partial charge in [0.1, 0.15) is 23.6 Å². The van der Waals surface area contributed by atoms with Gasteiger partial charge in [-0.2, -0.15) is 8.78 Å². The number of pyridine rings is 1. The number of rotatable bonds is 4. The van der Waals surface area contributed by atoms with Crippen LogP contribution in [-0.4, -0.2) is 36.8 Å². The van der Waals surface area contributed by atoms with Gasteiger partial charge in [0.15, 0.2) is 0 Å². The van der Waals surface area contributed by atoms with E-state index in [1.807, 2.05) is 6.08 Å². The topological polar surface area (TPSA) is 117 Å². The van der Waals surface area contributed by atoms with E-state index in [1.165, 1.54) is 23.0 Å². The van der Waals surface area contributed by atoms with Gasteiger partial charge in [-0.25, -0.2) is 14.4 Å². The number of aryl methyl sites for hydroxylation is 2. The Morgan fingerprint density at radius 1 is 1.26 bits per heavy atom. The maximum absolute atomic E-state index is 13.4. The molecule has 182 valence electrons. The van der Waals surface area contributed by atoms with E-state index in [-0.39, 0.29) is 11.1 Å². The first-order chi connectivity index (χ1) is 16.1. The van der Waals surface area contributed by atoms with Crippen LogP contribution in [0, 0.1) is 5.82 Å². The molecular weight excluding hydrogens is 467 g/mol. The Balaban J connectivity index is 0.000000204. The van der Waals surface area contributed by atoms with Gasteiger partial charge in [0.2, 0.25) is 0 Å². The third-order valence-corrected chi connectivity index (χ3v) is 6.80. The lowest BCUT2D eigenvalue weighted by atomic mass is 10.0. The molecule has 0 amide bonds. The van der Waals surface area contributed by atoms with Gasteiger partial charge >= 0.3 is 0 Å². The van der Waals surface area contributed by atoms with Crippen molar-refractivity contribution in [3.05, 3.63) is 69.5 Å². The third-order valence-electron chi connectivity index (χ3n) is 5.61. The van der Waals surface area contributed by atoms with Gasteiger partial charge in [-0.3, -0.25) is 13.6 Å². The van der Waals surface area contributed by atoms with Crippen molar-refractivity contribution < 1.29 is 17.4 Å². The molecule has 0 spiro atoms. The van der Waals surface area contributed by atoms with Gasteiger partial charge in [0.05, 0.1) is 17.5 Å². The Labute approximate surface area is 197 Å². The molecule has 1 aliphatic heterocycles. The van der Waals surface area contributed by atoms with Crippen molar-refractivity contribution in [1.82, 2.24) is 14.5 Å².